The summed E-state index contributed by atoms with van der Waals surface area (Å²) in [6.07, 6.45) is 2.99. The maximum absolute atomic E-state index is 13.1. The minimum absolute atomic E-state index is 0.0143. The largest absolute Gasteiger partial charge is 0.480 e. The number of aryl methyl sites for hydroxylation is 2. The lowest BCUT2D eigenvalue weighted by Gasteiger charge is -2.26. The topological polar surface area (TPSA) is 69.6 Å². The summed E-state index contributed by atoms with van der Waals surface area (Å²) in [5.74, 6) is -1.06. The molecular formula is C21H24N2O3. The molecule has 1 aliphatic heterocycles. The van der Waals surface area contributed by atoms with Crippen LogP contribution in [0, 0.1) is 0 Å². The van der Waals surface area contributed by atoms with Crippen LogP contribution in [0.2, 0.25) is 0 Å². The molecule has 3 rings (SSSR count). The number of benzene rings is 2. The van der Waals surface area contributed by atoms with Crippen molar-refractivity contribution in [2.45, 2.75) is 38.6 Å². The number of fused-ring (bicyclic) bond motifs is 2. The van der Waals surface area contributed by atoms with Crippen molar-refractivity contribution < 1.29 is 14.7 Å². The number of aliphatic carboxylic acids is 1. The Morgan fingerprint density at radius 3 is 2.08 bits per heavy atom. The fourth-order valence-corrected chi connectivity index (χ4v) is 3.44. The van der Waals surface area contributed by atoms with E-state index >= 15 is 0 Å². The van der Waals surface area contributed by atoms with Gasteiger partial charge in [-0.3, -0.25) is 19.8 Å². The van der Waals surface area contributed by atoms with Crippen LogP contribution in [-0.2, 0) is 22.4 Å². The summed E-state index contributed by atoms with van der Waals surface area (Å²) in [6, 6.07) is 15.1. The number of carboxylic acid groups (broad SMARTS) is 1. The highest BCUT2D eigenvalue weighted by atomic mass is 16.4. The number of hydrogen-bond acceptors (Lipinski definition) is 3. The van der Waals surface area contributed by atoms with Crippen LogP contribution in [-0.4, -0.2) is 29.6 Å². The van der Waals surface area contributed by atoms with Gasteiger partial charge in [0.05, 0.1) is 17.9 Å². The van der Waals surface area contributed by atoms with Gasteiger partial charge < -0.3 is 5.11 Å². The van der Waals surface area contributed by atoms with E-state index in [-0.39, 0.29) is 12.5 Å². The molecule has 5 nitrogen and oxygen atoms in total. The maximum Gasteiger partial charge on any atom is 0.320 e. The molecular weight excluding hydrogens is 328 g/mol. The van der Waals surface area contributed by atoms with Crippen LogP contribution in [0.15, 0.2) is 48.5 Å². The van der Waals surface area contributed by atoms with Gasteiger partial charge in [-0.2, -0.15) is 0 Å². The smallest absolute Gasteiger partial charge is 0.320 e. The van der Waals surface area contributed by atoms with Crippen molar-refractivity contribution in [3.05, 3.63) is 59.7 Å². The second kappa shape index (κ2) is 8.15. The molecule has 0 saturated carbocycles. The fourth-order valence-electron chi connectivity index (χ4n) is 3.44. The standard InChI is InChI=1S/C21H24N2O3/c1-2-7-17(21(25)26)22-14-20(24)23-18-10-5-3-8-15(18)12-13-16-9-4-6-11-19(16)23/h3-6,8-11,17,22H,2,7,12-14H2,1H3,(H,25,26). The van der Waals surface area contributed by atoms with Gasteiger partial charge in [-0.15, -0.1) is 0 Å². The van der Waals surface area contributed by atoms with Gasteiger partial charge >= 0.3 is 5.97 Å². The van der Waals surface area contributed by atoms with E-state index in [0.29, 0.717) is 6.42 Å². The van der Waals surface area contributed by atoms with Crippen LogP contribution in [0.3, 0.4) is 0 Å². The first kappa shape index (κ1) is 18.1. The number of nitrogens with one attached hydrogen (secondary N) is 1. The van der Waals surface area contributed by atoms with Gasteiger partial charge in [-0.1, -0.05) is 49.7 Å². The molecule has 0 radical (unpaired) electrons. The molecule has 1 heterocycles. The highest BCUT2D eigenvalue weighted by Gasteiger charge is 2.26. The van der Waals surface area contributed by atoms with E-state index in [1.807, 2.05) is 55.5 Å². The van der Waals surface area contributed by atoms with Crippen molar-refractivity contribution in [2.24, 2.45) is 0 Å². The van der Waals surface area contributed by atoms with E-state index in [9.17, 15) is 14.7 Å². The minimum atomic E-state index is -0.920. The van der Waals surface area contributed by atoms with Gasteiger partial charge in [0.2, 0.25) is 5.91 Å². The lowest BCUT2D eigenvalue weighted by molar-refractivity contribution is -0.139. The average molecular weight is 352 g/mol. The SMILES string of the molecule is CCCC(NCC(=O)N1c2ccccc2CCc2ccccc21)C(=O)O. The second-order valence-corrected chi connectivity index (χ2v) is 6.55. The predicted molar refractivity (Wildman–Crippen MR) is 102 cm³/mol. The van der Waals surface area contributed by atoms with Gasteiger partial charge in [-0.25, -0.2) is 0 Å². The summed E-state index contributed by atoms with van der Waals surface area (Å²) in [4.78, 5) is 26.2. The lowest BCUT2D eigenvalue weighted by atomic mass is 10.0. The fraction of sp³-hybridized carbons (Fsp3) is 0.333. The zero-order valence-corrected chi connectivity index (χ0v) is 14.9. The number of carboxylic acids is 1. The lowest BCUT2D eigenvalue weighted by Crippen LogP contribution is -2.43. The minimum Gasteiger partial charge on any atom is -0.480 e. The Hall–Kier alpha value is -2.66. The molecule has 0 saturated heterocycles. The molecule has 0 spiro atoms. The van der Waals surface area contributed by atoms with Crippen molar-refractivity contribution in [3.8, 4) is 0 Å². The van der Waals surface area contributed by atoms with Crippen LogP contribution in [0.4, 0.5) is 11.4 Å². The van der Waals surface area contributed by atoms with Gasteiger partial charge in [0.15, 0.2) is 0 Å². The Kier molecular flexibility index (Phi) is 5.68. The molecule has 2 aromatic carbocycles. The molecule has 136 valence electrons. The van der Waals surface area contributed by atoms with Crippen LogP contribution >= 0.6 is 0 Å². The third kappa shape index (κ3) is 3.78. The highest BCUT2D eigenvalue weighted by molar-refractivity contribution is 6.03. The molecule has 0 aromatic heterocycles. The number of nitrogens with zero attached hydrogens (tertiary/aromatic N) is 1. The number of hydrogen-bond donors (Lipinski definition) is 2. The molecule has 1 amide bonds. The van der Waals surface area contributed by atoms with Crippen molar-refractivity contribution in [1.29, 1.82) is 0 Å². The van der Waals surface area contributed by atoms with Crippen LogP contribution in [0.5, 0.6) is 0 Å². The van der Waals surface area contributed by atoms with Crippen molar-refractivity contribution in [2.75, 3.05) is 11.4 Å². The second-order valence-electron chi connectivity index (χ2n) is 6.55. The summed E-state index contributed by atoms with van der Waals surface area (Å²) in [5.41, 5.74) is 4.01. The summed E-state index contributed by atoms with van der Waals surface area (Å²) in [6.45, 7) is 1.92. The molecule has 1 atom stereocenters. The first-order valence-electron chi connectivity index (χ1n) is 9.06. The van der Waals surface area contributed by atoms with Crippen molar-refractivity contribution in [1.82, 2.24) is 5.32 Å². The van der Waals surface area contributed by atoms with E-state index < -0.39 is 12.0 Å². The molecule has 0 fully saturated rings. The molecule has 26 heavy (non-hydrogen) atoms. The highest BCUT2D eigenvalue weighted by Crippen LogP contribution is 2.35. The maximum atomic E-state index is 13.1. The van der Waals surface area contributed by atoms with Crippen molar-refractivity contribution >= 4 is 23.3 Å². The summed E-state index contributed by atoms with van der Waals surface area (Å²) >= 11 is 0. The molecule has 0 bridgehead atoms. The number of amides is 1. The summed E-state index contributed by atoms with van der Waals surface area (Å²) in [5, 5.41) is 12.2. The third-order valence-electron chi connectivity index (χ3n) is 4.75. The zero-order chi connectivity index (χ0) is 18.5. The van der Waals surface area contributed by atoms with E-state index in [4.69, 9.17) is 0 Å². The Morgan fingerprint density at radius 1 is 1.04 bits per heavy atom. The Labute approximate surface area is 153 Å². The Morgan fingerprint density at radius 2 is 1.58 bits per heavy atom. The predicted octanol–water partition coefficient (Wildman–Crippen LogP) is 3.29. The van der Waals surface area contributed by atoms with Crippen molar-refractivity contribution in [3.63, 3.8) is 0 Å². The molecule has 0 aliphatic carbocycles. The quantitative estimate of drug-likeness (QED) is 0.837. The average Bonchev–Trinajstić information content (AvgIpc) is 2.81. The number of rotatable bonds is 6. The number of carbonyl (C=O) groups is 2. The summed E-state index contributed by atoms with van der Waals surface area (Å²) in [7, 11) is 0. The first-order valence-corrected chi connectivity index (χ1v) is 9.06. The first-order chi connectivity index (χ1) is 12.6. The Balaban J connectivity index is 1.90. The summed E-state index contributed by atoms with van der Waals surface area (Å²) < 4.78 is 0. The molecule has 2 N–H and O–H groups in total. The molecule has 1 aliphatic rings. The number of para-hydroxylation sites is 2. The van der Waals surface area contributed by atoms with Gasteiger partial charge in [0.25, 0.3) is 0 Å². The van der Waals surface area contributed by atoms with Gasteiger partial charge in [-0.05, 0) is 42.5 Å². The normalized spacial score (nSPS) is 14.1. The van der Waals surface area contributed by atoms with Gasteiger partial charge in [0, 0.05) is 0 Å². The molecule has 1 unspecified atom stereocenters. The van der Waals surface area contributed by atoms with E-state index in [1.165, 1.54) is 0 Å². The molecule has 2 aromatic rings. The number of anilines is 2. The van der Waals surface area contributed by atoms with Crippen LogP contribution in [0.1, 0.15) is 30.9 Å². The van der Waals surface area contributed by atoms with Crippen LogP contribution < -0.4 is 10.2 Å². The van der Waals surface area contributed by atoms with E-state index in [0.717, 1.165) is 41.8 Å². The van der Waals surface area contributed by atoms with E-state index in [2.05, 4.69) is 5.32 Å². The Bertz CT molecular complexity index is 756. The van der Waals surface area contributed by atoms with Gasteiger partial charge in [0.1, 0.15) is 6.04 Å². The van der Waals surface area contributed by atoms with E-state index in [1.54, 1.807) is 4.90 Å². The number of carbonyl (C=O) groups excluding carboxylic acids is 1. The molecule has 5 heteroatoms. The van der Waals surface area contributed by atoms with Crippen LogP contribution in [0.25, 0.3) is 0 Å². The third-order valence-corrected chi connectivity index (χ3v) is 4.75. The monoisotopic (exact) mass is 352 g/mol. The zero-order valence-electron chi connectivity index (χ0n) is 14.9.